The lowest BCUT2D eigenvalue weighted by Gasteiger charge is -2.34. The van der Waals surface area contributed by atoms with E-state index in [1.165, 1.54) is 12.0 Å². The number of hydrogen-bond acceptors (Lipinski definition) is 3. The van der Waals surface area contributed by atoms with Crippen LogP contribution in [0.2, 0.25) is 0 Å². The van der Waals surface area contributed by atoms with Crippen molar-refractivity contribution in [3.05, 3.63) is 105 Å². The van der Waals surface area contributed by atoms with Gasteiger partial charge in [0.25, 0.3) is 5.56 Å². The zero-order valence-corrected chi connectivity index (χ0v) is 22.7. The summed E-state index contributed by atoms with van der Waals surface area (Å²) < 4.78 is 2.62. The summed E-state index contributed by atoms with van der Waals surface area (Å²) in [7, 11) is 0. The fourth-order valence-electron chi connectivity index (χ4n) is 5.38. The number of carbonyl (C=O) groups excluding carboxylic acids is 1. The second-order valence-electron chi connectivity index (χ2n) is 9.88. The normalized spacial score (nSPS) is 15.0. The van der Waals surface area contributed by atoms with Gasteiger partial charge in [-0.05, 0) is 68.1 Å². The molecule has 4 aromatic rings. The van der Waals surface area contributed by atoms with Gasteiger partial charge in [-0.1, -0.05) is 77.7 Å². The summed E-state index contributed by atoms with van der Waals surface area (Å²) in [5.74, 6) is 0.788. The molecule has 5 rings (SSSR count). The van der Waals surface area contributed by atoms with E-state index in [2.05, 4.69) is 28.1 Å². The maximum Gasteiger partial charge on any atom is 0.266 e. The van der Waals surface area contributed by atoms with Crippen LogP contribution in [0.15, 0.2) is 88.1 Å². The van der Waals surface area contributed by atoms with Gasteiger partial charge in [0.2, 0.25) is 5.91 Å². The van der Waals surface area contributed by atoms with E-state index < -0.39 is 0 Å². The van der Waals surface area contributed by atoms with Gasteiger partial charge in [0.1, 0.15) is 5.82 Å². The molecule has 1 atom stereocenters. The summed E-state index contributed by atoms with van der Waals surface area (Å²) in [6.45, 7) is 2.58. The van der Waals surface area contributed by atoms with Crippen LogP contribution in [-0.2, 0) is 11.2 Å². The van der Waals surface area contributed by atoms with Gasteiger partial charge >= 0.3 is 0 Å². The molecule has 1 fully saturated rings. The number of aromatic nitrogens is 2. The molecule has 0 aliphatic heterocycles. The molecule has 1 heterocycles. The van der Waals surface area contributed by atoms with Crippen LogP contribution in [-0.4, -0.2) is 26.9 Å². The molecule has 190 valence electrons. The van der Waals surface area contributed by atoms with Crippen LogP contribution < -0.4 is 5.56 Å². The van der Waals surface area contributed by atoms with E-state index in [1.807, 2.05) is 78.6 Å². The molecule has 1 aromatic heterocycles. The van der Waals surface area contributed by atoms with Gasteiger partial charge in [-0.2, -0.15) is 0 Å². The summed E-state index contributed by atoms with van der Waals surface area (Å²) in [4.78, 5) is 34.8. The van der Waals surface area contributed by atoms with Crippen LogP contribution in [0.5, 0.6) is 0 Å². The molecule has 1 amide bonds. The van der Waals surface area contributed by atoms with Gasteiger partial charge in [-0.25, -0.2) is 4.98 Å². The summed E-state index contributed by atoms with van der Waals surface area (Å²) in [6.07, 6.45) is 5.98. The Bertz CT molecular complexity index is 1430. The van der Waals surface area contributed by atoms with Crippen LogP contribution in [0, 0.1) is 5.92 Å². The molecule has 1 aliphatic rings. The SMILES string of the molecule is CC(c1nc2ccccc2c(=O)n1-c1ccc(Br)cc1)N(CCc1ccccc1)C(=O)C1CCCCC1. The van der Waals surface area contributed by atoms with Gasteiger partial charge in [0.15, 0.2) is 0 Å². The number of hydrogen-bond donors (Lipinski definition) is 0. The fraction of sp³-hybridized carbons (Fsp3) is 0.323. The molecule has 0 N–H and O–H groups in total. The topological polar surface area (TPSA) is 55.2 Å². The van der Waals surface area contributed by atoms with Crippen molar-refractivity contribution in [1.82, 2.24) is 14.5 Å². The average Bonchev–Trinajstić information content (AvgIpc) is 2.94. The Hall–Kier alpha value is -3.25. The third-order valence-corrected chi connectivity index (χ3v) is 7.98. The van der Waals surface area contributed by atoms with E-state index in [0.29, 0.717) is 23.3 Å². The quantitative estimate of drug-likeness (QED) is 0.249. The summed E-state index contributed by atoms with van der Waals surface area (Å²) in [5.41, 5.74) is 2.45. The third kappa shape index (κ3) is 5.54. The van der Waals surface area contributed by atoms with E-state index in [1.54, 1.807) is 4.57 Å². The molecular formula is C31H32BrN3O2. The number of fused-ring (bicyclic) bond motifs is 1. The Kier molecular flexibility index (Phi) is 7.85. The highest BCUT2D eigenvalue weighted by molar-refractivity contribution is 9.10. The summed E-state index contributed by atoms with van der Waals surface area (Å²) in [6, 6.07) is 25.0. The minimum atomic E-state index is -0.376. The van der Waals surface area contributed by atoms with Gasteiger partial charge in [-0.15, -0.1) is 0 Å². The molecule has 6 heteroatoms. The highest BCUT2D eigenvalue weighted by atomic mass is 79.9. The number of amides is 1. The first-order valence-electron chi connectivity index (χ1n) is 13.1. The van der Waals surface area contributed by atoms with Gasteiger partial charge in [-0.3, -0.25) is 14.2 Å². The lowest BCUT2D eigenvalue weighted by molar-refractivity contribution is -0.139. The van der Waals surface area contributed by atoms with Gasteiger partial charge < -0.3 is 4.90 Å². The lowest BCUT2D eigenvalue weighted by atomic mass is 9.88. The second-order valence-corrected chi connectivity index (χ2v) is 10.8. The highest BCUT2D eigenvalue weighted by Gasteiger charge is 2.32. The Morgan fingerprint density at radius 2 is 1.65 bits per heavy atom. The van der Waals surface area contributed by atoms with Gasteiger partial charge in [0.05, 0.1) is 22.6 Å². The summed E-state index contributed by atoms with van der Waals surface area (Å²) in [5, 5.41) is 0.566. The molecule has 1 saturated carbocycles. The number of para-hydroxylation sites is 1. The minimum Gasteiger partial charge on any atom is -0.332 e. The number of benzene rings is 3. The first-order valence-corrected chi connectivity index (χ1v) is 13.9. The van der Waals surface area contributed by atoms with Crippen molar-refractivity contribution in [3.63, 3.8) is 0 Å². The van der Waals surface area contributed by atoms with Crippen molar-refractivity contribution >= 4 is 32.7 Å². The minimum absolute atomic E-state index is 0.0280. The van der Waals surface area contributed by atoms with Crippen molar-refractivity contribution in [1.29, 1.82) is 0 Å². The first-order chi connectivity index (χ1) is 18.0. The predicted molar refractivity (Wildman–Crippen MR) is 152 cm³/mol. The fourth-order valence-corrected chi connectivity index (χ4v) is 5.65. The predicted octanol–water partition coefficient (Wildman–Crippen LogP) is 6.86. The maximum absolute atomic E-state index is 14.0. The van der Waals surface area contributed by atoms with Crippen LogP contribution in [0.1, 0.15) is 56.5 Å². The van der Waals surface area contributed by atoms with Crippen molar-refractivity contribution in [2.75, 3.05) is 6.54 Å². The number of halogens is 1. The van der Waals surface area contributed by atoms with Crippen molar-refractivity contribution < 1.29 is 4.79 Å². The average molecular weight is 559 g/mol. The molecule has 0 radical (unpaired) electrons. The zero-order chi connectivity index (χ0) is 25.8. The Morgan fingerprint density at radius 3 is 2.38 bits per heavy atom. The van der Waals surface area contributed by atoms with E-state index in [0.717, 1.165) is 42.3 Å². The van der Waals surface area contributed by atoms with Crippen LogP contribution in [0.4, 0.5) is 0 Å². The molecule has 1 unspecified atom stereocenters. The monoisotopic (exact) mass is 557 g/mol. The molecule has 0 saturated heterocycles. The molecular weight excluding hydrogens is 526 g/mol. The van der Waals surface area contributed by atoms with E-state index in [-0.39, 0.29) is 23.4 Å². The molecule has 0 spiro atoms. The molecule has 5 nitrogen and oxygen atoms in total. The Balaban J connectivity index is 1.60. The number of rotatable bonds is 7. The molecule has 37 heavy (non-hydrogen) atoms. The Morgan fingerprint density at radius 1 is 0.973 bits per heavy atom. The largest absolute Gasteiger partial charge is 0.332 e. The number of carbonyl (C=O) groups is 1. The Labute approximate surface area is 226 Å². The number of nitrogens with zero attached hydrogens (tertiary/aromatic N) is 3. The first kappa shape index (κ1) is 25.4. The maximum atomic E-state index is 14.0. The van der Waals surface area contributed by atoms with E-state index in [9.17, 15) is 9.59 Å². The van der Waals surface area contributed by atoms with Crippen molar-refractivity contribution in [2.45, 2.75) is 51.5 Å². The van der Waals surface area contributed by atoms with Gasteiger partial charge in [0, 0.05) is 16.9 Å². The summed E-state index contributed by atoms with van der Waals surface area (Å²) >= 11 is 3.50. The standard InChI is InChI=1S/C31H32BrN3O2/c1-22(34(21-20-23-10-4-2-5-11-23)30(36)24-12-6-3-7-13-24)29-33-28-15-9-8-14-27(28)31(37)35(29)26-18-16-25(32)17-19-26/h2,4-5,8-11,14-19,22,24H,3,6-7,12-13,20-21H2,1H3. The van der Waals surface area contributed by atoms with Crippen LogP contribution in [0.25, 0.3) is 16.6 Å². The van der Waals surface area contributed by atoms with Crippen molar-refractivity contribution in [2.24, 2.45) is 5.92 Å². The molecule has 0 bridgehead atoms. The van der Waals surface area contributed by atoms with E-state index in [4.69, 9.17) is 4.98 Å². The third-order valence-electron chi connectivity index (χ3n) is 7.45. The lowest BCUT2D eigenvalue weighted by Crippen LogP contribution is -2.42. The van der Waals surface area contributed by atoms with E-state index >= 15 is 0 Å². The van der Waals surface area contributed by atoms with Crippen LogP contribution >= 0.6 is 15.9 Å². The molecule has 3 aromatic carbocycles. The molecule has 1 aliphatic carbocycles. The van der Waals surface area contributed by atoms with Crippen molar-refractivity contribution in [3.8, 4) is 5.69 Å². The van der Waals surface area contributed by atoms with Crippen LogP contribution in [0.3, 0.4) is 0 Å². The zero-order valence-electron chi connectivity index (χ0n) is 21.1. The smallest absolute Gasteiger partial charge is 0.266 e. The second kappa shape index (κ2) is 11.4. The highest BCUT2D eigenvalue weighted by Crippen LogP contribution is 2.30.